The van der Waals surface area contributed by atoms with Gasteiger partial charge in [-0.05, 0) is 56.7 Å². The molecule has 2 rings (SSSR count). The maximum Gasteiger partial charge on any atom is 0.347 e. The summed E-state index contributed by atoms with van der Waals surface area (Å²) < 4.78 is 10.8. The largest absolute Gasteiger partial charge is 0.479 e. The van der Waals surface area contributed by atoms with Gasteiger partial charge in [-0.25, -0.2) is 4.79 Å². The van der Waals surface area contributed by atoms with E-state index < -0.39 is 6.10 Å². The average molecular weight is 369 g/mol. The van der Waals surface area contributed by atoms with Crippen LogP contribution in [0.1, 0.15) is 49.0 Å². The lowest BCUT2D eigenvalue weighted by atomic mass is 10.2. The monoisotopic (exact) mass is 369 g/mol. The predicted molar refractivity (Wildman–Crippen MR) is 106 cm³/mol. The highest BCUT2D eigenvalue weighted by Gasteiger charge is 2.16. The van der Waals surface area contributed by atoms with Crippen molar-refractivity contribution >= 4 is 17.6 Å². The standard InChI is InChI=1S/C22H27NO4/c1-4-5-6-15-26-22(25)17(3)27-20-13-9-18(10-14-20)21(24)23-19-11-7-16(2)8-12-19/h7-14,17H,4-6,15H2,1-3H3,(H,23,24). The zero-order chi connectivity index (χ0) is 19.6. The topological polar surface area (TPSA) is 64.6 Å². The summed E-state index contributed by atoms with van der Waals surface area (Å²) in [6.07, 6.45) is 2.28. The summed E-state index contributed by atoms with van der Waals surface area (Å²) in [7, 11) is 0. The zero-order valence-electron chi connectivity index (χ0n) is 16.2. The number of esters is 1. The summed E-state index contributed by atoms with van der Waals surface area (Å²) in [6.45, 7) is 6.16. The van der Waals surface area contributed by atoms with Crippen molar-refractivity contribution in [1.82, 2.24) is 0 Å². The lowest BCUT2D eigenvalue weighted by Gasteiger charge is -2.14. The molecule has 0 saturated heterocycles. The lowest BCUT2D eigenvalue weighted by Crippen LogP contribution is -2.26. The number of benzene rings is 2. The molecule has 1 amide bonds. The van der Waals surface area contributed by atoms with Gasteiger partial charge >= 0.3 is 5.97 Å². The van der Waals surface area contributed by atoms with E-state index in [2.05, 4.69) is 12.2 Å². The number of nitrogens with one attached hydrogen (secondary N) is 1. The van der Waals surface area contributed by atoms with Crippen LogP contribution in [0, 0.1) is 6.92 Å². The molecule has 27 heavy (non-hydrogen) atoms. The molecule has 1 atom stereocenters. The van der Waals surface area contributed by atoms with Crippen molar-refractivity contribution in [3.63, 3.8) is 0 Å². The molecule has 0 aromatic heterocycles. The fourth-order valence-electron chi connectivity index (χ4n) is 2.42. The van der Waals surface area contributed by atoms with Crippen molar-refractivity contribution < 1.29 is 19.1 Å². The molecule has 0 heterocycles. The summed E-state index contributed by atoms with van der Waals surface area (Å²) in [4.78, 5) is 24.2. The van der Waals surface area contributed by atoms with E-state index in [1.807, 2.05) is 31.2 Å². The Morgan fingerprint density at radius 2 is 1.67 bits per heavy atom. The molecule has 0 fully saturated rings. The summed E-state index contributed by atoms with van der Waals surface area (Å²) in [5.74, 6) is -0.0685. The molecule has 1 unspecified atom stereocenters. The fourth-order valence-corrected chi connectivity index (χ4v) is 2.42. The van der Waals surface area contributed by atoms with Gasteiger partial charge in [0.2, 0.25) is 0 Å². The van der Waals surface area contributed by atoms with Gasteiger partial charge in [-0.3, -0.25) is 4.79 Å². The molecule has 144 valence electrons. The average Bonchev–Trinajstić information content (AvgIpc) is 2.67. The Morgan fingerprint density at radius 1 is 1.00 bits per heavy atom. The Balaban J connectivity index is 1.85. The molecule has 5 nitrogen and oxygen atoms in total. The SMILES string of the molecule is CCCCCOC(=O)C(C)Oc1ccc(C(=O)Nc2ccc(C)cc2)cc1. The third-order valence-electron chi connectivity index (χ3n) is 4.06. The smallest absolute Gasteiger partial charge is 0.347 e. The van der Waals surface area contributed by atoms with Crippen molar-refractivity contribution in [2.45, 2.75) is 46.1 Å². The van der Waals surface area contributed by atoms with E-state index in [0.717, 1.165) is 30.5 Å². The van der Waals surface area contributed by atoms with E-state index in [4.69, 9.17) is 9.47 Å². The summed E-state index contributed by atoms with van der Waals surface area (Å²) in [5.41, 5.74) is 2.38. The number of anilines is 1. The van der Waals surface area contributed by atoms with Crippen LogP contribution in [-0.4, -0.2) is 24.6 Å². The van der Waals surface area contributed by atoms with Gasteiger partial charge in [-0.15, -0.1) is 0 Å². The number of unbranched alkanes of at least 4 members (excludes halogenated alkanes) is 2. The van der Waals surface area contributed by atoms with Crippen LogP contribution in [0.15, 0.2) is 48.5 Å². The van der Waals surface area contributed by atoms with Crippen LogP contribution in [0.5, 0.6) is 5.75 Å². The van der Waals surface area contributed by atoms with Gasteiger partial charge in [-0.2, -0.15) is 0 Å². The van der Waals surface area contributed by atoms with Gasteiger partial charge in [0.25, 0.3) is 5.91 Å². The van der Waals surface area contributed by atoms with E-state index in [0.29, 0.717) is 17.9 Å². The molecule has 0 saturated carbocycles. The minimum atomic E-state index is -0.695. The molecular formula is C22H27NO4. The van der Waals surface area contributed by atoms with Crippen molar-refractivity contribution in [1.29, 1.82) is 0 Å². The van der Waals surface area contributed by atoms with E-state index in [9.17, 15) is 9.59 Å². The molecule has 5 heteroatoms. The molecule has 0 aliphatic carbocycles. The number of carbonyl (C=O) groups excluding carboxylic acids is 2. The van der Waals surface area contributed by atoms with E-state index in [1.54, 1.807) is 31.2 Å². The van der Waals surface area contributed by atoms with Crippen LogP contribution < -0.4 is 10.1 Å². The molecule has 0 radical (unpaired) electrons. The molecule has 0 bridgehead atoms. The number of rotatable bonds is 9. The Morgan fingerprint density at radius 3 is 2.30 bits per heavy atom. The maximum atomic E-state index is 12.3. The van der Waals surface area contributed by atoms with Crippen LogP contribution in [0.2, 0.25) is 0 Å². The van der Waals surface area contributed by atoms with Gasteiger partial charge in [0.15, 0.2) is 6.10 Å². The number of hydrogen-bond donors (Lipinski definition) is 1. The Labute approximate surface area is 160 Å². The molecule has 0 spiro atoms. The van der Waals surface area contributed by atoms with Crippen molar-refractivity contribution in [2.75, 3.05) is 11.9 Å². The first kappa shape index (κ1) is 20.5. The lowest BCUT2D eigenvalue weighted by molar-refractivity contribution is -0.151. The maximum absolute atomic E-state index is 12.3. The van der Waals surface area contributed by atoms with E-state index in [-0.39, 0.29) is 11.9 Å². The first-order valence-electron chi connectivity index (χ1n) is 9.31. The normalized spacial score (nSPS) is 11.5. The van der Waals surface area contributed by atoms with Crippen molar-refractivity contribution in [2.24, 2.45) is 0 Å². The van der Waals surface area contributed by atoms with Crippen LogP contribution in [0.25, 0.3) is 0 Å². The van der Waals surface area contributed by atoms with Crippen LogP contribution in [-0.2, 0) is 9.53 Å². The highest BCUT2D eigenvalue weighted by atomic mass is 16.6. The second-order valence-corrected chi connectivity index (χ2v) is 6.48. The van der Waals surface area contributed by atoms with Gasteiger partial charge in [0.1, 0.15) is 5.75 Å². The van der Waals surface area contributed by atoms with Gasteiger partial charge in [-0.1, -0.05) is 37.5 Å². The Hall–Kier alpha value is -2.82. The minimum Gasteiger partial charge on any atom is -0.479 e. The van der Waals surface area contributed by atoms with Crippen LogP contribution >= 0.6 is 0 Å². The molecule has 0 aliphatic heterocycles. The van der Waals surface area contributed by atoms with Gasteiger partial charge < -0.3 is 14.8 Å². The molecule has 1 N–H and O–H groups in total. The molecule has 0 aliphatic rings. The molecular weight excluding hydrogens is 342 g/mol. The first-order valence-corrected chi connectivity index (χ1v) is 9.31. The third-order valence-corrected chi connectivity index (χ3v) is 4.06. The van der Waals surface area contributed by atoms with Gasteiger partial charge in [0.05, 0.1) is 6.61 Å². The van der Waals surface area contributed by atoms with Crippen molar-refractivity contribution in [3.05, 3.63) is 59.7 Å². The first-order chi connectivity index (χ1) is 13.0. The minimum absolute atomic E-state index is 0.200. The molecule has 2 aromatic carbocycles. The fraction of sp³-hybridized carbons (Fsp3) is 0.364. The highest BCUT2D eigenvalue weighted by molar-refractivity contribution is 6.04. The highest BCUT2D eigenvalue weighted by Crippen LogP contribution is 2.16. The third kappa shape index (κ3) is 6.77. The zero-order valence-corrected chi connectivity index (χ0v) is 16.2. The number of carbonyl (C=O) groups is 2. The van der Waals surface area contributed by atoms with Crippen LogP contribution in [0.4, 0.5) is 5.69 Å². The Kier molecular flexibility index (Phi) is 7.86. The van der Waals surface area contributed by atoms with Gasteiger partial charge in [0, 0.05) is 11.3 Å². The number of hydrogen-bond acceptors (Lipinski definition) is 4. The summed E-state index contributed by atoms with van der Waals surface area (Å²) in [6, 6.07) is 14.3. The van der Waals surface area contributed by atoms with Crippen molar-refractivity contribution in [3.8, 4) is 5.75 Å². The summed E-state index contributed by atoms with van der Waals surface area (Å²) >= 11 is 0. The number of ether oxygens (including phenoxy) is 2. The second kappa shape index (κ2) is 10.4. The second-order valence-electron chi connectivity index (χ2n) is 6.48. The summed E-state index contributed by atoms with van der Waals surface area (Å²) in [5, 5.41) is 2.84. The van der Waals surface area contributed by atoms with E-state index >= 15 is 0 Å². The van der Waals surface area contributed by atoms with E-state index in [1.165, 1.54) is 0 Å². The quantitative estimate of drug-likeness (QED) is 0.512. The molecule has 2 aromatic rings. The predicted octanol–water partition coefficient (Wildman–Crippen LogP) is 4.75. The Bertz CT molecular complexity index is 738. The number of amides is 1. The van der Waals surface area contributed by atoms with Crippen LogP contribution in [0.3, 0.4) is 0 Å². The number of aryl methyl sites for hydroxylation is 1.